The minimum absolute atomic E-state index is 0.206. The van der Waals surface area contributed by atoms with Crippen LogP contribution in [0.2, 0.25) is 0 Å². The van der Waals surface area contributed by atoms with Crippen molar-refractivity contribution in [1.82, 2.24) is 9.78 Å². The fraction of sp³-hybridized carbons (Fsp3) is 0.154. The van der Waals surface area contributed by atoms with Crippen molar-refractivity contribution in [1.29, 1.82) is 5.26 Å². The maximum atomic E-state index is 12.1. The number of hydrogen-bond donors (Lipinski definition) is 1. The minimum atomic E-state index is -0.435. The van der Waals surface area contributed by atoms with Gasteiger partial charge >= 0.3 is 0 Å². The number of carbonyl (C=O) groups excluding carboxylic acids is 1. The summed E-state index contributed by atoms with van der Waals surface area (Å²) in [4.78, 5) is 12.1. The van der Waals surface area contributed by atoms with Crippen molar-refractivity contribution in [3.8, 4) is 6.07 Å². The molecule has 0 spiro atoms. The van der Waals surface area contributed by atoms with Gasteiger partial charge in [-0.3, -0.25) is 9.48 Å². The SMILES string of the molecule is CC(C(=O)Nc1ccccc1C#N)n1cc(I)cn1. The lowest BCUT2D eigenvalue weighted by molar-refractivity contribution is -0.119. The molecule has 2 aromatic rings. The van der Waals surface area contributed by atoms with Crippen LogP contribution in [0.3, 0.4) is 0 Å². The summed E-state index contributed by atoms with van der Waals surface area (Å²) in [5.41, 5.74) is 0.960. The van der Waals surface area contributed by atoms with Gasteiger partial charge in [0.1, 0.15) is 12.1 Å². The van der Waals surface area contributed by atoms with E-state index in [1.807, 2.05) is 6.07 Å². The molecule has 1 aromatic carbocycles. The molecular weight excluding hydrogens is 355 g/mol. The van der Waals surface area contributed by atoms with Gasteiger partial charge in [0.05, 0.1) is 21.0 Å². The first-order chi connectivity index (χ1) is 9.11. The summed E-state index contributed by atoms with van der Waals surface area (Å²) in [6, 6.07) is 8.51. The largest absolute Gasteiger partial charge is 0.323 e. The van der Waals surface area contributed by atoms with Crippen LogP contribution in [-0.2, 0) is 4.79 Å². The monoisotopic (exact) mass is 366 g/mol. The molecule has 1 N–H and O–H groups in total. The first-order valence-corrected chi connectivity index (χ1v) is 6.69. The second-order valence-electron chi connectivity index (χ2n) is 3.96. The molecule has 0 aliphatic heterocycles. The fourth-order valence-corrected chi connectivity index (χ4v) is 1.98. The summed E-state index contributed by atoms with van der Waals surface area (Å²) in [5.74, 6) is -0.206. The van der Waals surface area contributed by atoms with Gasteiger partial charge in [0, 0.05) is 6.20 Å². The molecule has 0 fully saturated rings. The van der Waals surface area contributed by atoms with E-state index in [0.717, 1.165) is 3.57 Å². The minimum Gasteiger partial charge on any atom is -0.323 e. The van der Waals surface area contributed by atoms with Gasteiger partial charge in [-0.2, -0.15) is 10.4 Å². The Balaban J connectivity index is 2.15. The number of carbonyl (C=O) groups is 1. The zero-order valence-electron chi connectivity index (χ0n) is 10.2. The summed E-state index contributed by atoms with van der Waals surface area (Å²) >= 11 is 2.13. The van der Waals surface area contributed by atoms with Crippen molar-refractivity contribution in [3.05, 3.63) is 45.8 Å². The van der Waals surface area contributed by atoms with Gasteiger partial charge in [0.15, 0.2) is 0 Å². The summed E-state index contributed by atoms with van der Waals surface area (Å²) in [6.07, 6.45) is 3.48. The smallest absolute Gasteiger partial charge is 0.248 e. The van der Waals surface area contributed by atoms with E-state index >= 15 is 0 Å². The Morgan fingerprint density at radius 2 is 2.26 bits per heavy atom. The highest BCUT2D eigenvalue weighted by Crippen LogP contribution is 2.16. The topological polar surface area (TPSA) is 70.7 Å². The van der Waals surface area contributed by atoms with Gasteiger partial charge in [0.2, 0.25) is 5.91 Å². The van der Waals surface area contributed by atoms with Gasteiger partial charge in [0.25, 0.3) is 0 Å². The zero-order chi connectivity index (χ0) is 13.8. The molecule has 0 radical (unpaired) electrons. The number of halogens is 1. The Bertz CT molecular complexity index is 644. The Morgan fingerprint density at radius 3 is 2.89 bits per heavy atom. The molecule has 5 nitrogen and oxygen atoms in total. The predicted molar refractivity (Wildman–Crippen MR) is 79.4 cm³/mol. The average Bonchev–Trinajstić information content (AvgIpc) is 2.85. The van der Waals surface area contributed by atoms with E-state index in [-0.39, 0.29) is 5.91 Å². The van der Waals surface area contributed by atoms with Crippen molar-refractivity contribution in [2.75, 3.05) is 5.32 Å². The third-order valence-corrected chi connectivity index (χ3v) is 3.21. The van der Waals surface area contributed by atoms with Crippen LogP contribution in [0.1, 0.15) is 18.5 Å². The van der Waals surface area contributed by atoms with Crippen LogP contribution >= 0.6 is 22.6 Å². The second kappa shape index (κ2) is 5.84. The maximum Gasteiger partial charge on any atom is 0.248 e. The molecule has 2 rings (SSSR count). The van der Waals surface area contributed by atoms with Crippen molar-refractivity contribution < 1.29 is 4.79 Å². The van der Waals surface area contributed by atoms with Gasteiger partial charge in [-0.1, -0.05) is 12.1 Å². The Kier molecular flexibility index (Phi) is 4.16. The number of amides is 1. The first kappa shape index (κ1) is 13.5. The Morgan fingerprint density at radius 1 is 1.53 bits per heavy atom. The summed E-state index contributed by atoms with van der Waals surface area (Å²) in [6.45, 7) is 1.76. The standard InChI is InChI=1S/C13H11IN4O/c1-9(18-8-11(14)7-16-18)13(19)17-12-5-3-2-4-10(12)6-15/h2-5,7-9H,1H3,(H,17,19). The van der Waals surface area contributed by atoms with Crippen molar-refractivity contribution in [3.63, 3.8) is 0 Å². The van der Waals surface area contributed by atoms with E-state index in [1.54, 1.807) is 48.3 Å². The number of hydrogen-bond acceptors (Lipinski definition) is 3. The van der Waals surface area contributed by atoms with Crippen LogP contribution in [0.4, 0.5) is 5.69 Å². The molecule has 1 unspecified atom stereocenters. The molecular formula is C13H11IN4O. The number of para-hydroxylation sites is 1. The van der Waals surface area contributed by atoms with Gasteiger partial charge in [-0.25, -0.2) is 0 Å². The third kappa shape index (κ3) is 3.12. The molecule has 0 saturated heterocycles. The summed E-state index contributed by atoms with van der Waals surface area (Å²) in [5, 5.41) is 15.8. The van der Waals surface area contributed by atoms with Crippen LogP contribution in [-0.4, -0.2) is 15.7 Å². The van der Waals surface area contributed by atoms with Gasteiger partial charge in [-0.05, 0) is 41.6 Å². The lowest BCUT2D eigenvalue weighted by atomic mass is 10.2. The van der Waals surface area contributed by atoms with Crippen LogP contribution in [0.5, 0.6) is 0 Å². The summed E-state index contributed by atoms with van der Waals surface area (Å²) in [7, 11) is 0. The third-order valence-electron chi connectivity index (χ3n) is 2.65. The molecule has 1 heterocycles. The lowest BCUT2D eigenvalue weighted by Crippen LogP contribution is -2.24. The first-order valence-electron chi connectivity index (χ1n) is 5.61. The molecule has 6 heteroatoms. The van der Waals surface area contributed by atoms with E-state index in [0.29, 0.717) is 11.3 Å². The zero-order valence-corrected chi connectivity index (χ0v) is 12.3. The van der Waals surface area contributed by atoms with Crippen LogP contribution in [0.25, 0.3) is 0 Å². The van der Waals surface area contributed by atoms with E-state index in [9.17, 15) is 4.79 Å². The number of anilines is 1. The lowest BCUT2D eigenvalue weighted by Gasteiger charge is -2.13. The molecule has 0 bridgehead atoms. The normalized spacial score (nSPS) is 11.6. The fourth-order valence-electron chi connectivity index (χ4n) is 1.57. The second-order valence-corrected chi connectivity index (χ2v) is 5.21. The average molecular weight is 366 g/mol. The molecule has 0 aliphatic rings. The molecule has 1 amide bonds. The molecule has 0 saturated carbocycles. The van der Waals surface area contributed by atoms with E-state index in [1.165, 1.54) is 0 Å². The quantitative estimate of drug-likeness (QED) is 0.849. The predicted octanol–water partition coefficient (Wildman–Crippen LogP) is 2.56. The maximum absolute atomic E-state index is 12.1. The van der Waals surface area contributed by atoms with E-state index in [4.69, 9.17) is 5.26 Å². The number of nitrogens with one attached hydrogen (secondary N) is 1. The van der Waals surface area contributed by atoms with Crippen molar-refractivity contribution in [2.45, 2.75) is 13.0 Å². The number of nitrogens with zero attached hydrogens (tertiary/aromatic N) is 3. The number of aromatic nitrogens is 2. The molecule has 19 heavy (non-hydrogen) atoms. The van der Waals surface area contributed by atoms with Gasteiger partial charge in [-0.15, -0.1) is 0 Å². The summed E-state index contributed by atoms with van der Waals surface area (Å²) < 4.78 is 2.56. The highest BCUT2D eigenvalue weighted by atomic mass is 127. The van der Waals surface area contributed by atoms with E-state index < -0.39 is 6.04 Å². The number of nitriles is 1. The number of benzene rings is 1. The molecule has 96 valence electrons. The highest BCUT2D eigenvalue weighted by molar-refractivity contribution is 14.1. The van der Waals surface area contributed by atoms with Crippen molar-refractivity contribution >= 4 is 34.2 Å². The Hall–Kier alpha value is -1.88. The van der Waals surface area contributed by atoms with E-state index in [2.05, 4.69) is 33.0 Å². The van der Waals surface area contributed by atoms with Crippen LogP contribution < -0.4 is 5.32 Å². The molecule has 1 aromatic heterocycles. The highest BCUT2D eigenvalue weighted by Gasteiger charge is 2.16. The molecule has 0 aliphatic carbocycles. The van der Waals surface area contributed by atoms with Gasteiger partial charge < -0.3 is 5.32 Å². The van der Waals surface area contributed by atoms with Crippen molar-refractivity contribution in [2.24, 2.45) is 0 Å². The number of rotatable bonds is 3. The Labute approximate surface area is 124 Å². The van der Waals surface area contributed by atoms with Crippen LogP contribution in [0.15, 0.2) is 36.7 Å². The molecule has 1 atom stereocenters. The van der Waals surface area contributed by atoms with Crippen LogP contribution in [0, 0.1) is 14.9 Å².